The van der Waals surface area contributed by atoms with E-state index < -0.39 is 15.7 Å². The van der Waals surface area contributed by atoms with Gasteiger partial charge in [-0.1, -0.05) is 6.07 Å². The van der Waals surface area contributed by atoms with Crippen molar-refractivity contribution in [2.45, 2.75) is 13.0 Å². The van der Waals surface area contributed by atoms with Crippen LogP contribution in [-0.4, -0.2) is 37.9 Å². The Morgan fingerprint density at radius 2 is 2.06 bits per heavy atom. The highest BCUT2D eigenvalue weighted by Gasteiger charge is 2.19. The van der Waals surface area contributed by atoms with Crippen molar-refractivity contribution in [2.24, 2.45) is 0 Å². The average Bonchev–Trinajstić information content (AvgIpc) is 2.46. The molecule has 0 spiro atoms. The fourth-order valence-electron chi connectivity index (χ4n) is 2.08. The Bertz CT molecular complexity index is 531. The van der Waals surface area contributed by atoms with Crippen LogP contribution >= 0.6 is 0 Å². The van der Waals surface area contributed by atoms with E-state index in [9.17, 15) is 12.8 Å². The van der Waals surface area contributed by atoms with Crippen molar-refractivity contribution < 1.29 is 12.8 Å². The zero-order valence-electron chi connectivity index (χ0n) is 10.1. The minimum atomic E-state index is -2.90. The van der Waals surface area contributed by atoms with E-state index in [4.69, 9.17) is 5.73 Å². The molecule has 100 valence electrons. The molecular weight excluding hydrogens is 255 g/mol. The van der Waals surface area contributed by atoms with Gasteiger partial charge in [-0.25, -0.2) is 12.8 Å². The molecule has 0 amide bonds. The van der Waals surface area contributed by atoms with Crippen LogP contribution in [0, 0.1) is 5.82 Å². The topological polar surface area (TPSA) is 63.4 Å². The Morgan fingerprint density at radius 3 is 2.78 bits per heavy atom. The molecule has 0 saturated carbocycles. The summed E-state index contributed by atoms with van der Waals surface area (Å²) in [5.41, 5.74) is 6.37. The smallest absolute Gasteiger partial charge is 0.151 e. The zero-order chi connectivity index (χ0) is 13.2. The van der Waals surface area contributed by atoms with E-state index in [1.807, 2.05) is 4.90 Å². The molecule has 0 atom stereocenters. The molecule has 0 aromatic heterocycles. The van der Waals surface area contributed by atoms with Gasteiger partial charge in [0.25, 0.3) is 0 Å². The van der Waals surface area contributed by atoms with Crippen LogP contribution in [0.2, 0.25) is 0 Å². The van der Waals surface area contributed by atoms with Crippen molar-refractivity contribution in [1.82, 2.24) is 4.90 Å². The summed E-state index contributed by atoms with van der Waals surface area (Å²) in [5.74, 6) is 0.0132. The van der Waals surface area contributed by atoms with E-state index in [0.717, 1.165) is 12.1 Å². The van der Waals surface area contributed by atoms with Crippen LogP contribution in [0.5, 0.6) is 0 Å². The normalized spacial score (nSPS) is 20.5. The second-order valence-corrected chi connectivity index (χ2v) is 6.94. The first kappa shape index (κ1) is 13.3. The summed E-state index contributed by atoms with van der Waals surface area (Å²) in [7, 11) is -2.90. The molecular formula is C12H17FN2O2S. The van der Waals surface area contributed by atoms with E-state index in [-0.39, 0.29) is 17.2 Å². The van der Waals surface area contributed by atoms with E-state index in [2.05, 4.69) is 0 Å². The van der Waals surface area contributed by atoms with Gasteiger partial charge in [-0.05, 0) is 30.7 Å². The lowest BCUT2D eigenvalue weighted by Crippen LogP contribution is -2.26. The number of rotatable bonds is 2. The van der Waals surface area contributed by atoms with Gasteiger partial charge in [0, 0.05) is 13.1 Å². The summed E-state index contributed by atoms with van der Waals surface area (Å²) in [6.45, 7) is 1.80. The maximum Gasteiger partial charge on any atom is 0.151 e. The van der Waals surface area contributed by atoms with Crippen molar-refractivity contribution in [3.63, 3.8) is 0 Å². The first-order valence-electron chi connectivity index (χ1n) is 5.93. The average molecular weight is 272 g/mol. The lowest BCUT2D eigenvalue weighted by atomic mass is 10.2. The largest absolute Gasteiger partial charge is 0.396 e. The Labute approximate surface area is 107 Å². The number of nitrogens with two attached hydrogens (primary N) is 1. The second kappa shape index (κ2) is 5.24. The molecule has 1 aromatic carbocycles. The summed E-state index contributed by atoms with van der Waals surface area (Å²) >= 11 is 0. The minimum Gasteiger partial charge on any atom is -0.396 e. The van der Waals surface area contributed by atoms with Crippen molar-refractivity contribution in [3.05, 3.63) is 29.6 Å². The molecule has 6 heteroatoms. The van der Waals surface area contributed by atoms with Gasteiger partial charge in [0.2, 0.25) is 0 Å². The summed E-state index contributed by atoms with van der Waals surface area (Å²) < 4.78 is 36.2. The van der Waals surface area contributed by atoms with Crippen molar-refractivity contribution in [3.8, 4) is 0 Å². The maximum absolute atomic E-state index is 13.3. The summed E-state index contributed by atoms with van der Waals surface area (Å²) in [6, 6.07) is 4.73. The molecule has 1 saturated heterocycles. The number of hydrogen-bond donors (Lipinski definition) is 1. The number of nitrogens with zero attached hydrogens (tertiary/aromatic N) is 1. The fraction of sp³-hybridized carbons (Fsp3) is 0.500. The number of halogens is 1. The molecule has 4 nitrogen and oxygen atoms in total. The van der Waals surface area contributed by atoms with Crippen LogP contribution in [0.4, 0.5) is 10.1 Å². The van der Waals surface area contributed by atoms with Gasteiger partial charge in [0.15, 0.2) is 9.84 Å². The van der Waals surface area contributed by atoms with Crippen molar-refractivity contribution in [1.29, 1.82) is 0 Å². The first-order chi connectivity index (χ1) is 8.46. The molecule has 2 rings (SSSR count). The lowest BCUT2D eigenvalue weighted by molar-refractivity contribution is 0.287. The molecule has 18 heavy (non-hydrogen) atoms. The number of benzene rings is 1. The molecule has 0 aliphatic carbocycles. The molecule has 0 radical (unpaired) electrons. The third-order valence-electron chi connectivity index (χ3n) is 3.12. The summed E-state index contributed by atoms with van der Waals surface area (Å²) in [5, 5.41) is 0. The highest BCUT2D eigenvalue weighted by atomic mass is 32.2. The Hall–Kier alpha value is -1.14. The van der Waals surface area contributed by atoms with Crippen molar-refractivity contribution >= 4 is 15.5 Å². The number of anilines is 1. The zero-order valence-corrected chi connectivity index (χ0v) is 10.9. The lowest BCUT2D eigenvalue weighted by Gasteiger charge is -2.19. The van der Waals surface area contributed by atoms with Gasteiger partial charge in [-0.2, -0.15) is 0 Å². The van der Waals surface area contributed by atoms with Crippen molar-refractivity contribution in [2.75, 3.05) is 30.3 Å². The van der Waals surface area contributed by atoms with Crippen LogP contribution in [0.1, 0.15) is 12.0 Å². The van der Waals surface area contributed by atoms with Gasteiger partial charge >= 0.3 is 0 Å². The molecule has 1 aromatic rings. The Morgan fingerprint density at radius 1 is 1.28 bits per heavy atom. The van der Waals surface area contributed by atoms with E-state index in [1.165, 1.54) is 6.07 Å². The molecule has 1 aliphatic rings. The van der Waals surface area contributed by atoms with E-state index in [1.54, 1.807) is 12.1 Å². The highest BCUT2D eigenvalue weighted by molar-refractivity contribution is 7.91. The van der Waals surface area contributed by atoms with E-state index in [0.29, 0.717) is 19.5 Å². The second-order valence-electron chi connectivity index (χ2n) is 4.64. The molecule has 2 N–H and O–H groups in total. The molecule has 1 heterocycles. The maximum atomic E-state index is 13.3. The third-order valence-corrected chi connectivity index (χ3v) is 4.83. The number of nitrogen functional groups attached to an aromatic ring is 1. The Kier molecular flexibility index (Phi) is 3.87. The predicted molar refractivity (Wildman–Crippen MR) is 69.4 cm³/mol. The molecule has 1 fully saturated rings. The first-order valence-corrected chi connectivity index (χ1v) is 7.75. The van der Waals surface area contributed by atoms with Gasteiger partial charge < -0.3 is 5.73 Å². The fourth-order valence-corrected chi connectivity index (χ4v) is 3.38. The van der Waals surface area contributed by atoms with Gasteiger partial charge in [-0.15, -0.1) is 0 Å². The quantitative estimate of drug-likeness (QED) is 0.817. The number of hydrogen-bond acceptors (Lipinski definition) is 4. The minimum absolute atomic E-state index is 0.136. The van der Waals surface area contributed by atoms with Gasteiger partial charge in [0.1, 0.15) is 5.82 Å². The van der Waals surface area contributed by atoms with Gasteiger partial charge in [-0.3, -0.25) is 4.90 Å². The van der Waals surface area contributed by atoms with Crippen LogP contribution in [0.25, 0.3) is 0 Å². The summed E-state index contributed by atoms with van der Waals surface area (Å²) in [6.07, 6.45) is 0.639. The standard InChI is InChI=1S/C12H17FN2O2S/c13-11-8-10(2-3-12(11)14)9-15-4-1-6-18(16,17)7-5-15/h2-3,8H,1,4-7,9,14H2. The monoisotopic (exact) mass is 272 g/mol. The molecule has 0 bridgehead atoms. The van der Waals surface area contributed by atoms with Gasteiger partial charge in [0.05, 0.1) is 17.2 Å². The van der Waals surface area contributed by atoms with Crippen LogP contribution in [0.3, 0.4) is 0 Å². The predicted octanol–water partition coefficient (Wildman–Crippen LogP) is 1.03. The number of sulfone groups is 1. The SMILES string of the molecule is Nc1ccc(CN2CCCS(=O)(=O)CC2)cc1F. The van der Waals surface area contributed by atoms with Crippen LogP contribution in [-0.2, 0) is 16.4 Å². The third kappa shape index (κ3) is 3.43. The highest BCUT2D eigenvalue weighted by Crippen LogP contribution is 2.15. The van der Waals surface area contributed by atoms with Crippen LogP contribution in [0.15, 0.2) is 18.2 Å². The van der Waals surface area contributed by atoms with Crippen LogP contribution < -0.4 is 5.73 Å². The Balaban J connectivity index is 2.03. The molecule has 0 unspecified atom stereocenters. The summed E-state index contributed by atoms with van der Waals surface area (Å²) in [4.78, 5) is 2.04. The van der Waals surface area contributed by atoms with E-state index >= 15 is 0 Å². The molecule has 1 aliphatic heterocycles.